The maximum Gasteiger partial charge on any atom is 0.418 e. The first-order chi connectivity index (χ1) is 20.9. The number of hydrogen-bond acceptors (Lipinski definition) is 4. The fraction of sp³-hybridized carbons (Fsp3) is 0.194. The van der Waals surface area contributed by atoms with Crippen molar-refractivity contribution < 1.29 is 39.5 Å². The van der Waals surface area contributed by atoms with E-state index in [0.29, 0.717) is 36.5 Å². The van der Waals surface area contributed by atoms with Crippen molar-refractivity contribution in [1.29, 1.82) is 0 Å². The molecule has 0 radical (unpaired) electrons. The van der Waals surface area contributed by atoms with Gasteiger partial charge in [-0.2, -0.15) is 22.6 Å². The van der Waals surface area contributed by atoms with Gasteiger partial charge in [-0.3, -0.25) is 4.68 Å². The largest absolute Gasteiger partial charge is 0.457 e. The molecule has 0 unspecified atom stereocenters. The Kier molecular flexibility index (Phi) is 7.62. The molecule has 0 atom stereocenters. The number of fused-ring (bicyclic) bond motifs is 1. The molecule has 0 aliphatic carbocycles. The van der Waals surface area contributed by atoms with Gasteiger partial charge in [-0.05, 0) is 55.3 Å². The molecular formula is C31H23F6N3O3S. The summed E-state index contributed by atoms with van der Waals surface area (Å²) in [7, 11) is -3.62. The number of nitrogens with zero attached hydrogens (tertiary/aromatic N) is 3. The predicted octanol–water partition coefficient (Wildman–Crippen LogP) is 7.76. The van der Waals surface area contributed by atoms with Crippen molar-refractivity contribution in [3.05, 3.63) is 107 Å². The highest BCUT2D eigenvalue weighted by Crippen LogP contribution is 2.39. The van der Waals surface area contributed by atoms with E-state index in [1.165, 1.54) is 46.8 Å². The number of hydrogen-bond donors (Lipinski definition) is 0. The average Bonchev–Trinajstić information content (AvgIpc) is 3.64. The van der Waals surface area contributed by atoms with Gasteiger partial charge in [-0.25, -0.2) is 21.6 Å². The molecule has 4 aromatic carbocycles. The standard InChI is InChI=1S/C31H23F6N3O3S/c32-20-16-27(33)25(28(34)17-20)18-40-30(24-7-4-8-26(29(24)38-40)31(35,36)37)19-5-3-6-22(15-19)43-21-9-11-23(12-10-21)44(41,42)39-13-1-2-14-39/h3-12,15-17H,1-2,13-14,18H2. The van der Waals surface area contributed by atoms with Gasteiger partial charge in [0.2, 0.25) is 10.0 Å². The van der Waals surface area contributed by atoms with Crippen molar-refractivity contribution in [3.8, 4) is 22.8 Å². The lowest BCUT2D eigenvalue weighted by Crippen LogP contribution is -2.27. The molecule has 1 saturated heterocycles. The molecule has 6 nitrogen and oxygen atoms in total. The van der Waals surface area contributed by atoms with E-state index in [1.54, 1.807) is 18.2 Å². The van der Waals surface area contributed by atoms with E-state index in [-0.39, 0.29) is 21.7 Å². The molecule has 0 saturated carbocycles. The summed E-state index contributed by atoms with van der Waals surface area (Å²) in [6.07, 6.45) is -3.16. The van der Waals surface area contributed by atoms with Crippen LogP contribution in [0.5, 0.6) is 11.5 Å². The lowest BCUT2D eigenvalue weighted by Gasteiger charge is -2.16. The third kappa shape index (κ3) is 5.64. The maximum atomic E-state index is 14.6. The second-order valence-corrected chi connectivity index (χ2v) is 12.2. The molecule has 2 heterocycles. The Balaban J connectivity index is 1.39. The number of halogens is 6. The molecule has 0 N–H and O–H groups in total. The van der Waals surface area contributed by atoms with Crippen LogP contribution in [-0.4, -0.2) is 35.6 Å². The zero-order valence-corrected chi connectivity index (χ0v) is 23.6. The van der Waals surface area contributed by atoms with Crippen LogP contribution >= 0.6 is 0 Å². The van der Waals surface area contributed by atoms with Crippen molar-refractivity contribution in [1.82, 2.24) is 14.1 Å². The number of alkyl halides is 3. The summed E-state index contributed by atoms with van der Waals surface area (Å²) in [5.74, 6) is -3.01. The Bertz CT molecular complexity index is 1950. The van der Waals surface area contributed by atoms with Crippen molar-refractivity contribution in [2.45, 2.75) is 30.5 Å². The van der Waals surface area contributed by atoms with Gasteiger partial charge in [0, 0.05) is 41.7 Å². The smallest absolute Gasteiger partial charge is 0.418 e. The Morgan fingerprint density at radius 2 is 1.48 bits per heavy atom. The SMILES string of the molecule is O=S(=O)(c1ccc(Oc2cccc(-c3c4cccc(C(F)(F)F)c4nn3Cc3c(F)cc(F)cc3F)c2)cc1)N1CCCC1. The van der Waals surface area contributed by atoms with E-state index >= 15 is 0 Å². The summed E-state index contributed by atoms with van der Waals surface area (Å²) in [4.78, 5) is 0.122. The van der Waals surface area contributed by atoms with Crippen LogP contribution in [0.4, 0.5) is 26.3 Å². The molecule has 0 amide bonds. The zero-order chi connectivity index (χ0) is 31.2. The molecular weight excluding hydrogens is 608 g/mol. The van der Waals surface area contributed by atoms with Crippen molar-refractivity contribution >= 4 is 20.9 Å². The Morgan fingerprint density at radius 1 is 0.818 bits per heavy atom. The van der Waals surface area contributed by atoms with Crippen LogP contribution in [0.15, 0.2) is 83.8 Å². The maximum absolute atomic E-state index is 14.6. The van der Waals surface area contributed by atoms with Crippen LogP contribution < -0.4 is 4.74 Å². The van der Waals surface area contributed by atoms with E-state index in [9.17, 15) is 34.8 Å². The summed E-state index contributed by atoms with van der Waals surface area (Å²) < 4.78 is 118. The highest BCUT2D eigenvalue weighted by atomic mass is 32.2. The van der Waals surface area contributed by atoms with Crippen molar-refractivity contribution in [3.63, 3.8) is 0 Å². The van der Waals surface area contributed by atoms with Crippen molar-refractivity contribution in [2.24, 2.45) is 0 Å². The van der Waals surface area contributed by atoms with Crippen LogP contribution in [0.2, 0.25) is 0 Å². The Labute approximate surface area is 248 Å². The van der Waals surface area contributed by atoms with E-state index in [2.05, 4.69) is 5.10 Å². The number of benzene rings is 4. The molecule has 1 aliphatic heterocycles. The molecule has 1 fully saturated rings. The number of aromatic nitrogens is 2. The average molecular weight is 632 g/mol. The van der Waals surface area contributed by atoms with E-state index in [4.69, 9.17) is 4.74 Å². The van der Waals surface area contributed by atoms with Gasteiger partial charge in [0.15, 0.2) is 0 Å². The van der Waals surface area contributed by atoms with Gasteiger partial charge in [0.1, 0.15) is 34.5 Å². The van der Waals surface area contributed by atoms with Crippen LogP contribution in [0, 0.1) is 17.5 Å². The van der Waals surface area contributed by atoms with Gasteiger partial charge in [-0.1, -0.05) is 24.3 Å². The van der Waals surface area contributed by atoms with Crippen LogP contribution in [0.25, 0.3) is 22.2 Å². The second kappa shape index (κ2) is 11.3. The summed E-state index contributed by atoms with van der Waals surface area (Å²) in [5, 5.41) is 4.17. The number of sulfonamides is 1. The Morgan fingerprint density at radius 3 is 2.14 bits per heavy atom. The molecule has 0 spiro atoms. The lowest BCUT2D eigenvalue weighted by molar-refractivity contribution is -0.136. The third-order valence-electron chi connectivity index (χ3n) is 7.36. The first-order valence-electron chi connectivity index (χ1n) is 13.5. The summed E-state index contributed by atoms with van der Waals surface area (Å²) >= 11 is 0. The van der Waals surface area contributed by atoms with Crippen LogP contribution in [0.1, 0.15) is 24.0 Å². The zero-order valence-electron chi connectivity index (χ0n) is 22.8. The van der Waals surface area contributed by atoms with Crippen LogP contribution in [0.3, 0.4) is 0 Å². The lowest BCUT2D eigenvalue weighted by atomic mass is 10.0. The molecule has 0 bridgehead atoms. The topological polar surface area (TPSA) is 64.4 Å². The van der Waals surface area contributed by atoms with E-state index in [0.717, 1.165) is 23.6 Å². The molecule has 1 aliphatic rings. The highest BCUT2D eigenvalue weighted by molar-refractivity contribution is 7.89. The fourth-order valence-corrected chi connectivity index (χ4v) is 6.79. The monoisotopic (exact) mass is 631 g/mol. The molecule has 13 heteroatoms. The van der Waals surface area contributed by atoms with Crippen molar-refractivity contribution in [2.75, 3.05) is 13.1 Å². The fourth-order valence-electron chi connectivity index (χ4n) is 5.27. The van der Waals surface area contributed by atoms with E-state index < -0.39 is 56.8 Å². The Hall–Kier alpha value is -4.36. The van der Waals surface area contributed by atoms with E-state index in [1.807, 2.05) is 0 Å². The highest BCUT2D eigenvalue weighted by Gasteiger charge is 2.35. The summed E-state index contributed by atoms with van der Waals surface area (Å²) in [5.41, 5.74) is -1.61. The molecule has 228 valence electrons. The predicted molar refractivity (Wildman–Crippen MR) is 150 cm³/mol. The first kappa shape index (κ1) is 29.7. The molecule has 5 aromatic rings. The molecule has 1 aromatic heterocycles. The second-order valence-electron chi connectivity index (χ2n) is 10.3. The van der Waals surface area contributed by atoms with Crippen LogP contribution in [-0.2, 0) is 22.7 Å². The minimum atomic E-state index is -4.76. The molecule has 44 heavy (non-hydrogen) atoms. The van der Waals surface area contributed by atoms with Gasteiger partial charge in [0.25, 0.3) is 0 Å². The third-order valence-corrected chi connectivity index (χ3v) is 9.27. The summed E-state index contributed by atoms with van der Waals surface area (Å²) in [6.45, 7) is 0.296. The minimum absolute atomic E-state index is 0.0661. The van der Waals surface area contributed by atoms with Gasteiger partial charge >= 0.3 is 6.18 Å². The normalized spacial score (nSPS) is 14.4. The van der Waals surface area contributed by atoms with Gasteiger partial charge < -0.3 is 4.74 Å². The van der Waals surface area contributed by atoms with Gasteiger partial charge in [-0.15, -0.1) is 0 Å². The first-order valence-corrected chi connectivity index (χ1v) is 14.9. The number of ether oxygens (including phenoxy) is 1. The minimum Gasteiger partial charge on any atom is -0.457 e. The quantitative estimate of drug-likeness (QED) is 0.172. The number of rotatable bonds is 7. The van der Waals surface area contributed by atoms with Gasteiger partial charge in [0.05, 0.1) is 22.7 Å². The summed E-state index contributed by atoms with van der Waals surface area (Å²) in [6, 6.07) is 16.5. The molecule has 6 rings (SSSR count).